The lowest BCUT2D eigenvalue weighted by molar-refractivity contribution is -0.137. The molecular formula is C23H19ClF5N3O3. The van der Waals surface area contributed by atoms with Crippen LogP contribution in [0.2, 0.25) is 5.02 Å². The zero-order valence-electron chi connectivity index (χ0n) is 18.0. The number of carbonyl (C=O) groups excluding carboxylic acids is 2. The molecule has 0 spiro atoms. The summed E-state index contributed by atoms with van der Waals surface area (Å²) in [6.45, 7) is 0.411. The number of rotatable bonds is 5. The number of ether oxygens (including phenoxy) is 1. The van der Waals surface area contributed by atoms with Crippen molar-refractivity contribution in [1.29, 1.82) is 0 Å². The minimum atomic E-state index is -4.74. The molecule has 3 aliphatic rings. The van der Waals surface area contributed by atoms with E-state index in [1.165, 1.54) is 4.90 Å². The summed E-state index contributed by atoms with van der Waals surface area (Å²) in [4.78, 5) is 30.7. The maximum Gasteiger partial charge on any atom is 0.417 e. The zero-order chi connectivity index (χ0) is 25.3. The van der Waals surface area contributed by atoms with Gasteiger partial charge in [-0.1, -0.05) is 11.6 Å². The van der Waals surface area contributed by atoms with Crippen molar-refractivity contribution >= 4 is 23.4 Å². The smallest absolute Gasteiger partial charge is 0.381 e. The number of alkyl halides is 3. The highest BCUT2D eigenvalue weighted by atomic mass is 35.5. The number of aromatic nitrogens is 1. The largest absolute Gasteiger partial charge is 0.417 e. The van der Waals surface area contributed by atoms with Crippen molar-refractivity contribution in [1.82, 2.24) is 9.88 Å². The van der Waals surface area contributed by atoms with Crippen LogP contribution in [0.3, 0.4) is 0 Å². The van der Waals surface area contributed by atoms with E-state index in [0.29, 0.717) is 18.7 Å². The molecule has 2 amide bonds. The Kier molecular flexibility index (Phi) is 5.55. The first-order valence-electron chi connectivity index (χ1n) is 10.8. The molecular weight excluding hydrogens is 497 g/mol. The lowest BCUT2D eigenvalue weighted by Crippen LogP contribution is -2.55. The van der Waals surface area contributed by atoms with Gasteiger partial charge in [-0.15, -0.1) is 0 Å². The minimum Gasteiger partial charge on any atom is -0.381 e. The normalized spacial score (nSPS) is 26.7. The van der Waals surface area contributed by atoms with E-state index in [4.69, 9.17) is 22.1 Å². The number of primary amides is 1. The molecule has 5 rings (SSSR count). The topological polar surface area (TPSA) is 85.5 Å². The number of nitrogens with two attached hydrogens (primary N) is 1. The number of nitrogens with zero attached hydrogens (tertiary/aromatic N) is 2. The van der Waals surface area contributed by atoms with Crippen LogP contribution < -0.4 is 5.73 Å². The van der Waals surface area contributed by atoms with Crippen LogP contribution in [0.25, 0.3) is 0 Å². The van der Waals surface area contributed by atoms with Crippen LogP contribution in [-0.2, 0) is 15.7 Å². The number of hydrogen-bond acceptors (Lipinski definition) is 4. The quantitative estimate of drug-likeness (QED) is 0.483. The fourth-order valence-electron chi connectivity index (χ4n) is 5.69. The van der Waals surface area contributed by atoms with Gasteiger partial charge in [-0.2, -0.15) is 13.2 Å². The number of halogens is 6. The van der Waals surface area contributed by atoms with E-state index in [-0.39, 0.29) is 42.6 Å². The molecule has 3 heterocycles. The molecule has 0 radical (unpaired) electrons. The van der Waals surface area contributed by atoms with Gasteiger partial charge in [0.2, 0.25) is 5.91 Å². The summed E-state index contributed by atoms with van der Waals surface area (Å²) < 4.78 is 74.6. The summed E-state index contributed by atoms with van der Waals surface area (Å²) in [6, 6.07) is 1.34. The average molecular weight is 516 g/mol. The highest BCUT2D eigenvalue weighted by Gasteiger charge is 2.72. The molecule has 3 unspecified atom stereocenters. The molecule has 2 saturated heterocycles. The Morgan fingerprint density at radius 3 is 2.49 bits per heavy atom. The van der Waals surface area contributed by atoms with E-state index in [1.54, 1.807) is 0 Å². The van der Waals surface area contributed by atoms with E-state index in [1.807, 2.05) is 0 Å². The Bertz CT molecular complexity index is 1220. The average Bonchev–Trinajstić information content (AvgIpc) is 3.37. The molecule has 3 fully saturated rings. The van der Waals surface area contributed by atoms with Gasteiger partial charge in [-0.05, 0) is 42.5 Å². The molecule has 1 saturated carbocycles. The molecule has 2 aromatic rings. The number of hydrogen-bond donors (Lipinski definition) is 1. The standard InChI is InChI=1S/C23H19ClF5N3O3/c24-15-4-16(25)14(3-17(15)26)19(11-8-35-9-11)22-5-12(22)2-18(20(30)33)32(22)21(34)10-1-13(7-31-6-10)23(27,28)29/h1,3-4,6-7,11-12,18-19H,2,5,8-9H2,(H2,30,33)/t12?,18?,19-,22?/m1/s1. The van der Waals surface area contributed by atoms with Gasteiger partial charge in [-0.25, -0.2) is 8.78 Å². The molecule has 1 aromatic heterocycles. The monoisotopic (exact) mass is 515 g/mol. The second kappa shape index (κ2) is 8.12. The molecule has 0 bridgehead atoms. The third-order valence-electron chi connectivity index (χ3n) is 7.30. The van der Waals surface area contributed by atoms with Gasteiger partial charge < -0.3 is 15.4 Å². The summed E-state index contributed by atoms with van der Waals surface area (Å²) in [7, 11) is 0. The molecule has 1 aliphatic carbocycles. The summed E-state index contributed by atoms with van der Waals surface area (Å²) in [6.07, 6.45) is -2.67. The van der Waals surface area contributed by atoms with Gasteiger partial charge >= 0.3 is 6.18 Å². The van der Waals surface area contributed by atoms with Crippen molar-refractivity contribution in [3.63, 3.8) is 0 Å². The Morgan fingerprint density at radius 1 is 1.17 bits per heavy atom. The van der Waals surface area contributed by atoms with E-state index < -0.39 is 57.7 Å². The fourth-order valence-corrected chi connectivity index (χ4v) is 5.84. The maximum atomic E-state index is 15.1. The molecule has 2 aliphatic heterocycles. The second-order valence-electron chi connectivity index (χ2n) is 9.24. The zero-order valence-corrected chi connectivity index (χ0v) is 18.7. The Hall–Kier alpha value is -2.79. The summed E-state index contributed by atoms with van der Waals surface area (Å²) in [5.41, 5.74) is 2.87. The highest BCUT2D eigenvalue weighted by Crippen LogP contribution is 2.67. The molecule has 1 aromatic carbocycles. The van der Waals surface area contributed by atoms with Crippen molar-refractivity contribution < 1.29 is 36.3 Å². The molecule has 186 valence electrons. The SMILES string of the molecule is NC(=O)C1CC2CC2([C@@H](c2cc(F)c(Cl)cc2F)C2COC2)N1C(=O)c1cncc(C(F)(F)F)c1. The minimum absolute atomic E-state index is 0.0345. The van der Waals surface area contributed by atoms with Crippen molar-refractivity contribution in [2.45, 2.75) is 36.5 Å². The van der Waals surface area contributed by atoms with E-state index in [0.717, 1.165) is 18.3 Å². The number of fused-ring (bicyclic) bond motifs is 1. The third kappa shape index (κ3) is 3.76. The summed E-state index contributed by atoms with van der Waals surface area (Å²) >= 11 is 5.73. The first-order chi connectivity index (χ1) is 16.4. The van der Waals surface area contributed by atoms with Crippen molar-refractivity contribution in [3.8, 4) is 0 Å². The van der Waals surface area contributed by atoms with Crippen molar-refractivity contribution in [2.75, 3.05) is 13.2 Å². The van der Waals surface area contributed by atoms with Gasteiger partial charge in [-0.3, -0.25) is 14.6 Å². The Balaban J connectivity index is 1.63. The fraction of sp³-hybridized carbons (Fsp3) is 0.435. The highest BCUT2D eigenvalue weighted by molar-refractivity contribution is 6.30. The van der Waals surface area contributed by atoms with Crippen molar-refractivity contribution in [2.24, 2.45) is 17.6 Å². The molecule has 6 nitrogen and oxygen atoms in total. The number of piperidine rings is 1. The Morgan fingerprint density at radius 2 is 1.89 bits per heavy atom. The van der Waals surface area contributed by atoms with Crippen LogP contribution >= 0.6 is 11.6 Å². The van der Waals surface area contributed by atoms with Crippen LogP contribution in [0.1, 0.15) is 40.2 Å². The molecule has 35 heavy (non-hydrogen) atoms. The maximum absolute atomic E-state index is 15.1. The van der Waals surface area contributed by atoms with Gasteiger partial charge in [0.25, 0.3) is 5.91 Å². The number of amides is 2. The predicted molar refractivity (Wildman–Crippen MR) is 112 cm³/mol. The molecule has 12 heteroatoms. The van der Waals surface area contributed by atoms with Crippen LogP contribution in [-0.4, -0.2) is 46.5 Å². The molecule has 4 atom stereocenters. The second-order valence-corrected chi connectivity index (χ2v) is 9.65. The van der Waals surface area contributed by atoms with Crippen LogP contribution in [0.15, 0.2) is 30.6 Å². The Labute approximate surface area is 201 Å². The summed E-state index contributed by atoms with van der Waals surface area (Å²) in [5.74, 6) is -4.76. The van der Waals surface area contributed by atoms with Gasteiger partial charge in [0.15, 0.2) is 0 Å². The summed E-state index contributed by atoms with van der Waals surface area (Å²) in [5, 5.41) is -0.413. The van der Waals surface area contributed by atoms with Crippen LogP contribution in [0, 0.1) is 23.5 Å². The van der Waals surface area contributed by atoms with Crippen LogP contribution in [0.5, 0.6) is 0 Å². The first-order valence-corrected chi connectivity index (χ1v) is 11.2. The first kappa shape index (κ1) is 23.9. The number of likely N-dealkylation sites (tertiary alicyclic amines) is 1. The van der Waals surface area contributed by atoms with Gasteiger partial charge in [0.05, 0.1) is 34.9 Å². The predicted octanol–water partition coefficient (Wildman–Crippen LogP) is 3.92. The number of carbonyl (C=O) groups is 2. The van der Waals surface area contributed by atoms with Crippen molar-refractivity contribution in [3.05, 3.63) is 63.9 Å². The molecule has 2 N–H and O–H groups in total. The van der Waals surface area contributed by atoms with E-state index in [2.05, 4.69) is 4.98 Å². The lowest BCUT2D eigenvalue weighted by Gasteiger charge is -2.44. The lowest BCUT2D eigenvalue weighted by atomic mass is 9.76. The van der Waals surface area contributed by atoms with Gasteiger partial charge in [0.1, 0.15) is 17.7 Å². The van der Waals surface area contributed by atoms with E-state index >= 15 is 4.39 Å². The number of benzene rings is 1. The van der Waals surface area contributed by atoms with Gasteiger partial charge in [0, 0.05) is 24.2 Å². The van der Waals surface area contributed by atoms with Crippen LogP contribution in [0.4, 0.5) is 22.0 Å². The van der Waals surface area contributed by atoms with E-state index in [9.17, 15) is 27.2 Å². The third-order valence-corrected chi connectivity index (χ3v) is 7.59. The number of pyridine rings is 1.